The largest absolute Gasteiger partial charge is 0.497 e. The van der Waals surface area contributed by atoms with Crippen molar-refractivity contribution in [3.8, 4) is 5.75 Å². The fourth-order valence-electron chi connectivity index (χ4n) is 3.40. The Morgan fingerprint density at radius 2 is 2.00 bits per heavy atom. The number of amides is 2. The first-order chi connectivity index (χ1) is 13.4. The van der Waals surface area contributed by atoms with Crippen LogP contribution in [-0.2, 0) is 24.3 Å². The molecule has 10 heteroatoms. The van der Waals surface area contributed by atoms with Crippen molar-refractivity contribution in [1.82, 2.24) is 14.5 Å². The molecule has 2 saturated heterocycles. The van der Waals surface area contributed by atoms with Gasteiger partial charge in [-0.05, 0) is 12.1 Å². The summed E-state index contributed by atoms with van der Waals surface area (Å²) in [6.07, 6.45) is 0.151. The summed E-state index contributed by atoms with van der Waals surface area (Å²) in [4.78, 5) is 26.2. The molecule has 2 fully saturated rings. The van der Waals surface area contributed by atoms with E-state index in [0.29, 0.717) is 25.4 Å². The molecule has 0 aromatic heterocycles. The average molecular weight is 411 g/mol. The molecule has 2 heterocycles. The summed E-state index contributed by atoms with van der Waals surface area (Å²) in [6, 6.07) is 6.10. The predicted octanol–water partition coefficient (Wildman–Crippen LogP) is -0.321. The van der Waals surface area contributed by atoms with Gasteiger partial charge in [0.1, 0.15) is 5.75 Å². The van der Waals surface area contributed by atoms with Gasteiger partial charge in [-0.2, -0.15) is 4.31 Å². The highest BCUT2D eigenvalue weighted by atomic mass is 32.2. The fraction of sp³-hybridized carbons (Fsp3) is 0.556. The molecule has 28 heavy (non-hydrogen) atoms. The molecule has 0 bridgehead atoms. The molecule has 3 rings (SSSR count). The van der Waals surface area contributed by atoms with Crippen molar-refractivity contribution < 1.29 is 27.5 Å². The number of sulfonamides is 1. The van der Waals surface area contributed by atoms with Gasteiger partial charge in [0.25, 0.3) is 0 Å². The van der Waals surface area contributed by atoms with Crippen LogP contribution in [0.25, 0.3) is 0 Å². The highest BCUT2D eigenvalue weighted by Crippen LogP contribution is 2.29. The summed E-state index contributed by atoms with van der Waals surface area (Å²) in [5, 5.41) is 2.75. The first-order valence-corrected chi connectivity index (χ1v) is 10.5. The summed E-state index contributed by atoms with van der Waals surface area (Å²) < 4.78 is 36.8. The van der Waals surface area contributed by atoms with Gasteiger partial charge >= 0.3 is 0 Å². The third-order valence-electron chi connectivity index (χ3n) is 5.08. The van der Waals surface area contributed by atoms with Crippen LogP contribution >= 0.6 is 0 Å². The van der Waals surface area contributed by atoms with Crippen molar-refractivity contribution in [3.05, 3.63) is 24.3 Å². The molecule has 1 N–H and O–H groups in total. The number of benzene rings is 1. The molecular formula is C18H25N3O6S. The van der Waals surface area contributed by atoms with Crippen LogP contribution in [0.15, 0.2) is 29.2 Å². The number of nitrogens with zero attached hydrogens (tertiary/aromatic N) is 2. The molecule has 2 amide bonds. The molecule has 2 aliphatic heterocycles. The van der Waals surface area contributed by atoms with Crippen molar-refractivity contribution >= 4 is 21.8 Å². The lowest BCUT2D eigenvalue weighted by atomic mass is 10.1. The maximum atomic E-state index is 12.7. The monoisotopic (exact) mass is 411 g/mol. The van der Waals surface area contributed by atoms with Crippen LogP contribution in [-0.4, -0.2) is 82.5 Å². The zero-order valence-electron chi connectivity index (χ0n) is 16.0. The molecule has 0 radical (unpaired) electrons. The number of hydrogen-bond donors (Lipinski definition) is 1. The smallest absolute Gasteiger partial charge is 0.243 e. The molecule has 154 valence electrons. The van der Waals surface area contributed by atoms with Crippen molar-refractivity contribution in [1.29, 1.82) is 0 Å². The van der Waals surface area contributed by atoms with Gasteiger partial charge in [-0.3, -0.25) is 9.59 Å². The summed E-state index contributed by atoms with van der Waals surface area (Å²) >= 11 is 0. The normalized spacial score (nSPS) is 20.9. The molecule has 1 aromatic carbocycles. The van der Waals surface area contributed by atoms with Crippen molar-refractivity contribution in [2.75, 3.05) is 47.0 Å². The molecule has 2 aliphatic rings. The number of ether oxygens (including phenoxy) is 2. The van der Waals surface area contributed by atoms with E-state index < -0.39 is 15.9 Å². The molecule has 0 saturated carbocycles. The lowest BCUT2D eigenvalue weighted by Gasteiger charge is -2.43. The lowest BCUT2D eigenvalue weighted by molar-refractivity contribution is -0.132. The van der Waals surface area contributed by atoms with Crippen LogP contribution in [0.4, 0.5) is 0 Å². The highest BCUT2D eigenvalue weighted by Gasteiger charge is 2.45. The van der Waals surface area contributed by atoms with Crippen LogP contribution in [0.5, 0.6) is 5.75 Å². The minimum absolute atomic E-state index is 0.115. The van der Waals surface area contributed by atoms with E-state index in [0.717, 1.165) is 0 Å². The van der Waals surface area contributed by atoms with E-state index in [2.05, 4.69) is 5.32 Å². The summed E-state index contributed by atoms with van der Waals surface area (Å²) in [6.45, 7) is 1.58. The summed E-state index contributed by atoms with van der Waals surface area (Å²) in [5.74, 6) is -0.230. The molecule has 0 aliphatic carbocycles. The highest BCUT2D eigenvalue weighted by molar-refractivity contribution is 7.89. The van der Waals surface area contributed by atoms with E-state index in [1.807, 2.05) is 0 Å². The number of carbonyl (C=O) groups excluding carboxylic acids is 2. The van der Waals surface area contributed by atoms with E-state index in [4.69, 9.17) is 9.47 Å². The van der Waals surface area contributed by atoms with E-state index in [1.54, 1.807) is 24.1 Å². The van der Waals surface area contributed by atoms with Gasteiger partial charge in [0.05, 0.1) is 30.6 Å². The standard InChI is InChI=1S/C18H25N3O6S/c1-26-7-6-19-18(23)13-8-17(22)21(10-13)14-11-20(12-14)28(24,25)16-5-3-4-15(9-16)27-2/h3-5,9,13-14H,6-8,10-12H2,1-2H3,(H,19,23). The van der Waals surface area contributed by atoms with Crippen LogP contribution in [0.2, 0.25) is 0 Å². The van der Waals surface area contributed by atoms with Crippen LogP contribution in [0.1, 0.15) is 6.42 Å². The first-order valence-electron chi connectivity index (χ1n) is 9.07. The molecule has 1 atom stereocenters. The van der Waals surface area contributed by atoms with Gasteiger partial charge < -0.3 is 19.7 Å². The average Bonchev–Trinajstić information content (AvgIpc) is 3.02. The van der Waals surface area contributed by atoms with Gasteiger partial charge in [0.2, 0.25) is 21.8 Å². The quantitative estimate of drug-likeness (QED) is 0.588. The Bertz CT molecular complexity index is 837. The second-order valence-corrected chi connectivity index (χ2v) is 8.82. The van der Waals surface area contributed by atoms with Crippen molar-refractivity contribution in [2.24, 2.45) is 5.92 Å². The van der Waals surface area contributed by atoms with E-state index in [9.17, 15) is 18.0 Å². The molecular weight excluding hydrogens is 386 g/mol. The first kappa shape index (κ1) is 20.6. The summed E-state index contributed by atoms with van der Waals surface area (Å²) in [7, 11) is -0.608. The SMILES string of the molecule is COCCNC(=O)C1CC(=O)N(C2CN(S(=O)(=O)c3cccc(OC)c3)C2)C1. The Kier molecular flexibility index (Phi) is 6.21. The summed E-state index contributed by atoms with van der Waals surface area (Å²) in [5.41, 5.74) is 0. The Labute approximate surface area is 164 Å². The third kappa shape index (κ3) is 4.13. The van der Waals surface area contributed by atoms with E-state index in [1.165, 1.54) is 23.5 Å². The number of hydrogen-bond acceptors (Lipinski definition) is 6. The Balaban J connectivity index is 1.57. The second-order valence-electron chi connectivity index (χ2n) is 6.89. The van der Waals surface area contributed by atoms with Gasteiger partial charge in [0, 0.05) is 45.8 Å². The Morgan fingerprint density at radius 3 is 2.68 bits per heavy atom. The number of nitrogens with one attached hydrogen (secondary N) is 1. The molecule has 0 spiro atoms. The number of likely N-dealkylation sites (tertiary alicyclic amines) is 1. The van der Waals surface area contributed by atoms with E-state index in [-0.39, 0.29) is 42.3 Å². The molecule has 1 aromatic rings. The van der Waals surface area contributed by atoms with Gasteiger partial charge in [-0.15, -0.1) is 0 Å². The Hall–Kier alpha value is -2.17. The van der Waals surface area contributed by atoms with Gasteiger partial charge in [-0.25, -0.2) is 8.42 Å². The molecule has 9 nitrogen and oxygen atoms in total. The predicted molar refractivity (Wildman–Crippen MR) is 100 cm³/mol. The number of carbonyl (C=O) groups is 2. The minimum Gasteiger partial charge on any atom is -0.497 e. The lowest BCUT2D eigenvalue weighted by Crippen LogP contribution is -2.61. The van der Waals surface area contributed by atoms with Crippen molar-refractivity contribution in [3.63, 3.8) is 0 Å². The zero-order valence-corrected chi connectivity index (χ0v) is 16.8. The minimum atomic E-state index is -3.64. The Morgan fingerprint density at radius 1 is 1.25 bits per heavy atom. The van der Waals surface area contributed by atoms with Crippen LogP contribution in [0.3, 0.4) is 0 Å². The zero-order chi connectivity index (χ0) is 20.3. The van der Waals surface area contributed by atoms with Crippen molar-refractivity contribution in [2.45, 2.75) is 17.4 Å². The third-order valence-corrected chi connectivity index (χ3v) is 6.91. The van der Waals surface area contributed by atoms with Crippen LogP contribution < -0.4 is 10.1 Å². The fourth-order valence-corrected chi connectivity index (χ4v) is 4.95. The van der Waals surface area contributed by atoms with Gasteiger partial charge in [0.15, 0.2) is 0 Å². The maximum absolute atomic E-state index is 12.7. The number of rotatable bonds is 8. The molecule has 1 unspecified atom stereocenters. The topological polar surface area (TPSA) is 105 Å². The van der Waals surface area contributed by atoms with Crippen LogP contribution in [0, 0.1) is 5.92 Å². The van der Waals surface area contributed by atoms with E-state index >= 15 is 0 Å². The second kappa shape index (κ2) is 8.46. The number of methoxy groups -OCH3 is 2. The van der Waals surface area contributed by atoms with Gasteiger partial charge in [-0.1, -0.05) is 6.07 Å². The maximum Gasteiger partial charge on any atom is 0.243 e.